The number of ether oxygens (including phenoxy) is 2. The molecule has 0 spiro atoms. The third kappa shape index (κ3) is 4.40. The van der Waals surface area contributed by atoms with Crippen LogP contribution in [0.2, 0.25) is 0 Å². The van der Waals surface area contributed by atoms with Gasteiger partial charge in [0, 0.05) is 6.07 Å². The first kappa shape index (κ1) is 14.6. The molecule has 0 aliphatic carbocycles. The maximum absolute atomic E-state index is 11.0. The lowest BCUT2D eigenvalue weighted by Gasteiger charge is -2.23. The number of hydrogen-bond donors (Lipinski definition) is 0. The van der Waals surface area contributed by atoms with Crippen molar-refractivity contribution in [2.45, 2.75) is 45.6 Å². The topological polar surface area (TPSA) is 35.5 Å². The summed E-state index contributed by atoms with van der Waals surface area (Å²) in [6.07, 6.45) is 3.62. The Balaban J connectivity index is 2.67. The molecular weight excluding hydrogens is 228 g/mol. The zero-order valence-electron chi connectivity index (χ0n) is 11.4. The van der Waals surface area contributed by atoms with E-state index in [0.717, 1.165) is 24.9 Å². The monoisotopic (exact) mass is 250 g/mol. The molecule has 0 aliphatic rings. The highest BCUT2D eigenvalue weighted by Gasteiger charge is 2.23. The van der Waals surface area contributed by atoms with E-state index in [4.69, 9.17) is 9.47 Å². The van der Waals surface area contributed by atoms with Gasteiger partial charge in [-0.1, -0.05) is 26.3 Å². The molecule has 0 fully saturated rings. The summed E-state index contributed by atoms with van der Waals surface area (Å²) in [7, 11) is 0. The largest absolute Gasteiger partial charge is 0.493 e. The summed E-state index contributed by atoms with van der Waals surface area (Å²) >= 11 is 0. The van der Waals surface area contributed by atoms with Crippen LogP contribution in [0, 0.1) is 0 Å². The number of aldehydes is 1. The maximum Gasteiger partial charge on any atom is 0.163 e. The second-order valence-electron chi connectivity index (χ2n) is 4.56. The average Bonchev–Trinajstić information content (AvgIpc) is 2.39. The molecule has 0 heterocycles. The quantitative estimate of drug-likeness (QED) is 0.522. The summed E-state index contributed by atoms with van der Waals surface area (Å²) in [5.74, 6) is 1.45. The first-order valence-electron chi connectivity index (χ1n) is 6.51. The molecule has 0 saturated heterocycles. The normalized spacial score (nSPS) is 13.7. The van der Waals surface area contributed by atoms with E-state index in [1.807, 2.05) is 31.2 Å². The molecule has 0 saturated carbocycles. The Bertz CT molecular complexity index is 376. The van der Waals surface area contributed by atoms with Gasteiger partial charge in [-0.25, -0.2) is 0 Å². The van der Waals surface area contributed by atoms with E-state index in [9.17, 15) is 4.79 Å². The van der Waals surface area contributed by atoms with Crippen LogP contribution in [0.3, 0.4) is 0 Å². The zero-order chi connectivity index (χ0) is 13.4. The van der Waals surface area contributed by atoms with E-state index in [0.29, 0.717) is 18.8 Å². The molecule has 18 heavy (non-hydrogen) atoms. The molecule has 0 aromatic heterocycles. The van der Waals surface area contributed by atoms with Gasteiger partial charge >= 0.3 is 0 Å². The van der Waals surface area contributed by atoms with Gasteiger partial charge in [-0.15, -0.1) is 0 Å². The third-order valence-corrected chi connectivity index (χ3v) is 2.87. The minimum atomic E-state index is -0.762. The molecule has 1 atom stereocenters. The summed E-state index contributed by atoms with van der Waals surface area (Å²) in [6, 6.07) is 7.43. The Labute approximate surface area is 109 Å². The molecule has 0 unspecified atom stereocenters. The molecule has 0 radical (unpaired) electrons. The fourth-order valence-corrected chi connectivity index (χ4v) is 1.41. The van der Waals surface area contributed by atoms with Crippen molar-refractivity contribution in [1.29, 1.82) is 0 Å². The molecule has 1 aromatic carbocycles. The first-order valence-corrected chi connectivity index (χ1v) is 6.51. The van der Waals surface area contributed by atoms with Gasteiger partial charge in [0.1, 0.15) is 11.5 Å². The predicted octanol–water partition coefficient (Wildman–Crippen LogP) is 3.61. The number of carbonyl (C=O) groups is 1. The van der Waals surface area contributed by atoms with Crippen molar-refractivity contribution in [2.24, 2.45) is 0 Å². The van der Waals surface area contributed by atoms with Crippen molar-refractivity contribution < 1.29 is 14.3 Å². The van der Waals surface area contributed by atoms with Crippen LogP contribution in [0.4, 0.5) is 0 Å². The summed E-state index contributed by atoms with van der Waals surface area (Å²) in [4.78, 5) is 11.0. The minimum absolute atomic E-state index is 0.636. The highest BCUT2D eigenvalue weighted by molar-refractivity contribution is 5.62. The van der Waals surface area contributed by atoms with E-state index in [2.05, 4.69) is 6.92 Å². The second kappa shape index (κ2) is 7.04. The highest BCUT2D eigenvalue weighted by atomic mass is 16.5. The molecule has 100 valence electrons. The zero-order valence-corrected chi connectivity index (χ0v) is 11.4. The Kier molecular flexibility index (Phi) is 5.69. The van der Waals surface area contributed by atoms with Crippen molar-refractivity contribution in [2.75, 3.05) is 6.61 Å². The summed E-state index contributed by atoms with van der Waals surface area (Å²) in [5.41, 5.74) is -0.762. The van der Waals surface area contributed by atoms with E-state index < -0.39 is 5.60 Å². The number of unbranched alkanes of at least 4 members (excludes halogenated alkanes) is 1. The predicted molar refractivity (Wildman–Crippen MR) is 72.2 cm³/mol. The van der Waals surface area contributed by atoms with Crippen LogP contribution in [0.15, 0.2) is 24.3 Å². The Hall–Kier alpha value is -1.51. The molecule has 3 nitrogen and oxygen atoms in total. The van der Waals surface area contributed by atoms with Crippen LogP contribution in [-0.4, -0.2) is 18.5 Å². The standard InChI is InChI=1S/C15H22O3/c1-4-6-10-17-13-8-7-9-14(11-13)18-15(3,5-2)12-16/h7-9,11-12H,4-6,10H2,1-3H3/t15-/m1/s1. The van der Waals surface area contributed by atoms with Gasteiger partial charge in [-0.3, -0.25) is 4.79 Å². The highest BCUT2D eigenvalue weighted by Crippen LogP contribution is 2.24. The Morgan fingerprint density at radius 3 is 2.61 bits per heavy atom. The Morgan fingerprint density at radius 2 is 2.00 bits per heavy atom. The number of hydrogen-bond acceptors (Lipinski definition) is 3. The van der Waals surface area contributed by atoms with Crippen LogP contribution in [0.5, 0.6) is 11.5 Å². The number of rotatable bonds is 8. The van der Waals surface area contributed by atoms with Gasteiger partial charge in [0.2, 0.25) is 0 Å². The lowest BCUT2D eigenvalue weighted by Crippen LogP contribution is -2.33. The maximum atomic E-state index is 11.0. The molecule has 0 amide bonds. The first-order chi connectivity index (χ1) is 8.63. The van der Waals surface area contributed by atoms with Gasteiger partial charge in [0.05, 0.1) is 6.61 Å². The van der Waals surface area contributed by atoms with E-state index in [1.54, 1.807) is 6.92 Å². The summed E-state index contributed by atoms with van der Waals surface area (Å²) in [5, 5.41) is 0. The molecule has 3 heteroatoms. The van der Waals surface area contributed by atoms with Crippen molar-refractivity contribution in [3.63, 3.8) is 0 Å². The Morgan fingerprint density at radius 1 is 1.28 bits per heavy atom. The lowest BCUT2D eigenvalue weighted by atomic mass is 10.1. The molecular formula is C15H22O3. The molecule has 1 rings (SSSR count). The van der Waals surface area contributed by atoms with Gasteiger partial charge in [0.25, 0.3) is 0 Å². The fourth-order valence-electron chi connectivity index (χ4n) is 1.41. The van der Waals surface area contributed by atoms with E-state index in [-0.39, 0.29) is 0 Å². The van der Waals surface area contributed by atoms with Gasteiger partial charge in [-0.05, 0) is 31.9 Å². The van der Waals surface area contributed by atoms with Gasteiger partial charge in [-0.2, -0.15) is 0 Å². The molecule has 1 aromatic rings. The van der Waals surface area contributed by atoms with Gasteiger partial charge < -0.3 is 9.47 Å². The SMILES string of the molecule is CCCCOc1cccc(O[C@@](C)(C=O)CC)c1. The van der Waals surface area contributed by atoms with Crippen LogP contribution in [0.1, 0.15) is 40.0 Å². The van der Waals surface area contributed by atoms with Crippen molar-refractivity contribution in [3.8, 4) is 11.5 Å². The average molecular weight is 250 g/mol. The minimum Gasteiger partial charge on any atom is -0.493 e. The lowest BCUT2D eigenvalue weighted by molar-refractivity contribution is -0.120. The van der Waals surface area contributed by atoms with Crippen LogP contribution < -0.4 is 9.47 Å². The fraction of sp³-hybridized carbons (Fsp3) is 0.533. The van der Waals surface area contributed by atoms with Crippen molar-refractivity contribution >= 4 is 6.29 Å². The second-order valence-corrected chi connectivity index (χ2v) is 4.56. The van der Waals surface area contributed by atoms with E-state index >= 15 is 0 Å². The van der Waals surface area contributed by atoms with E-state index in [1.165, 1.54) is 0 Å². The van der Waals surface area contributed by atoms with Gasteiger partial charge in [0.15, 0.2) is 11.9 Å². The van der Waals surface area contributed by atoms with Crippen molar-refractivity contribution in [1.82, 2.24) is 0 Å². The smallest absolute Gasteiger partial charge is 0.163 e. The summed E-state index contributed by atoms with van der Waals surface area (Å²) < 4.78 is 11.3. The molecule has 0 N–H and O–H groups in total. The summed E-state index contributed by atoms with van der Waals surface area (Å²) in [6.45, 7) is 6.54. The third-order valence-electron chi connectivity index (χ3n) is 2.87. The number of benzene rings is 1. The molecule has 0 aliphatic heterocycles. The van der Waals surface area contributed by atoms with Crippen LogP contribution in [0.25, 0.3) is 0 Å². The number of carbonyl (C=O) groups excluding carboxylic acids is 1. The van der Waals surface area contributed by atoms with Crippen molar-refractivity contribution in [3.05, 3.63) is 24.3 Å². The van der Waals surface area contributed by atoms with Crippen LogP contribution >= 0.6 is 0 Å². The van der Waals surface area contributed by atoms with Crippen LogP contribution in [-0.2, 0) is 4.79 Å². The molecule has 0 bridgehead atoms.